The predicted octanol–water partition coefficient (Wildman–Crippen LogP) is 14.2. The molecule has 1 aliphatic rings. The van der Waals surface area contributed by atoms with E-state index in [9.17, 15) is 14.4 Å². The average Bonchev–Trinajstić information content (AvgIpc) is 3.75. The van der Waals surface area contributed by atoms with Gasteiger partial charge in [-0.25, -0.2) is 0 Å². The van der Waals surface area contributed by atoms with Gasteiger partial charge in [0.1, 0.15) is 0 Å². The monoisotopic (exact) mass is 819 g/mol. The van der Waals surface area contributed by atoms with Crippen molar-refractivity contribution in [1.82, 2.24) is 9.80 Å². The number of amides is 1. The molecule has 1 heterocycles. The van der Waals surface area contributed by atoms with Gasteiger partial charge < -0.3 is 19.3 Å². The third kappa shape index (κ3) is 33.1. The van der Waals surface area contributed by atoms with E-state index < -0.39 is 0 Å². The molecule has 58 heavy (non-hydrogen) atoms. The maximum atomic E-state index is 13.3. The Morgan fingerprint density at radius 1 is 0.448 bits per heavy atom. The third-order valence-electron chi connectivity index (χ3n) is 12.7. The normalized spacial score (nSPS) is 13.2. The van der Waals surface area contributed by atoms with Crippen molar-refractivity contribution in [1.29, 1.82) is 0 Å². The molecule has 0 unspecified atom stereocenters. The quantitative estimate of drug-likeness (QED) is 0.0450. The molecular weight excluding hydrogens is 721 g/mol. The van der Waals surface area contributed by atoms with Crippen molar-refractivity contribution in [2.24, 2.45) is 11.8 Å². The summed E-state index contributed by atoms with van der Waals surface area (Å²) >= 11 is 0. The Kier molecular flexibility index (Phi) is 38.2. The van der Waals surface area contributed by atoms with E-state index in [1.165, 1.54) is 128 Å². The van der Waals surface area contributed by atoms with Crippen molar-refractivity contribution < 1.29 is 23.9 Å². The number of nitrogens with zero attached hydrogens (tertiary/aromatic N) is 2. The van der Waals surface area contributed by atoms with E-state index >= 15 is 0 Å². The molecule has 7 heteroatoms. The second kappa shape index (κ2) is 40.8. The highest BCUT2D eigenvalue weighted by Crippen LogP contribution is 2.24. The fraction of sp³-hybridized carbons (Fsp3) is 0.941. The van der Waals surface area contributed by atoms with Crippen molar-refractivity contribution in [2.75, 3.05) is 45.9 Å². The standard InChI is InChI=1S/C51H98N2O5/c1-5-9-19-31-47(32-20-10-6-2)35-29-45-57-50(55)37-23-15-13-17-25-42-53(49(54)39-44-52-40-27-28-41-52)43-26-18-14-16-24-38-51(56)58-46-30-36-48(33-21-11-7-3)34-22-12-8-4/h47-48H,5-46H2,1-4H3. The van der Waals surface area contributed by atoms with E-state index in [2.05, 4.69) is 37.5 Å². The first kappa shape index (κ1) is 54.4. The smallest absolute Gasteiger partial charge is 0.305 e. The van der Waals surface area contributed by atoms with Crippen molar-refractivity contribution in [2.45, 2.75) is 252 Å². The first-order valence-corrected chi connectivity index (χ1v) is 25.7. The molecule has 0 N–H and O–H groups in total. The first-order valence-electron chi connectivity index (χ1n) is 25.7. The van der Waals surface area contributed by atoms with Crippen LogP contribution in [0, 0.1) is 11.8 Å². The molecule has 0 bridgehead atoms. The highest BCUT2D eigenvalue weighted by Gasteiger charge is 2.17. The summed E-state index contributed by atoms with van der Waals surface area (Å²) in [6.45, 7) is 15.1. The lowest BCUT2D eigenvalue weighted by Crippen LogP contribution is -2.35. The molecule has 1 aliphatic heterocycles. The van der Waals surface area contributed by atoms with Crippen LogP contribution >= 0.6 is 0 Å². The molecular formula is C51H98N2O5. The number of carbonyl (C=O) groups is 3. The van der Waals surface area contributed by atoms with E-state index in [4.69, 9.17) is 9.47 Å². The van der Waals surface area contributed by atoms with Crippen LogP contribution in [0.15, 0.2) is 0 Å². The number of unbranched alkanes of at least 4 members (excludes halogenated alkanes) is 16. The summed E-state index contributed by atoms with van der Waals surface area (Å²) in [5.74, 6) is 1.82. The number of hydrogen-bond donors (Lipinski definition) is 0. The maximum Gasteiger partial charge on any atom is 0.305 e. The Bertz CT molecular complexity index is 860. The van der Waals surface area contributed by atoms with E-state index in [-0.39, 0.29) is 11.9 Å². The van der Waals surface area contributed by atoms with Gasteiger partial charge in [0, 0.05) is 38.9 Å². The summed E-state index contributed by atoms with van der Waals surface area (Å²) in [5.41, 5.74) is 0. The second-order valence-corrected chi connectivity index (χ2v) is 18.2. The summed E-state index contributed by atoms with van der Waals surface area (Å²) in [6, 6.07) is 0. The molecule has 342 valence electrons. The van der Waals surface area contributed by atoms with Gasteiger partial charge in [0.15, 0.2) is 0 Å². The minimum absolute atomic E-state index is 0.0342. The van der Waals surface area contributed by atoms with Crippen LogP contribution in [0.5, 0.6) is 0 Å². The van der Waals surface area contributed by atoms with Crippen LogP contribution in [-0.4, -0.2) is 73.6 Å². The zero-order chi connectivity index (χ0) is 42.2. The molecule has 0 aromatic heterocycles. The van der Waals surface area contributed by atoms with Crippen molar-refractivity contribution in [3.05, 3.63) is 0 Å². The summed E-state index contributed by atoms with van der Waals surface area (Å²) in [6.07, 6.45) is 40.0. The minimum atomic E-state index is -0.0342. The maximum absolute atomic E-state index is 13.3. The first-order chi connectivity index (χ1) is 28.4. The number of hydrogen-bond acceptors (Lipinski definition) is 6. The average molecular weight is 819 g/mol. The zero-order valence-corrected chi connectivity index (χ0v) is 39.3. The van der Waals surface area contributed by atoms with E-state index in [0.717, 1.165) is 122 Å². The molecule has 0 saturated carbocycles. The molecule has 7 nitrogen and oxygen atoms in total. The Hall–Kier alpha value is -1.63. The lowest BCUT2D eigenvalue weighted by atomic mass is 9.91. The number of likely N-dealkylation sites (tertiary alicyclic amines) is 1. The largest absolute Gasteiger partial charge is 0.466 e. The van der Waals surface area contributed by atoms with Crippen molar-refractivity contribution in [3.63, 3.8) is 0 Å². The molecule has 1 rings (SSSR count). The van der Waals surface area contributed by atoms with Gasteiger partial charge in [-0.3, -0.25) is 14.4 Å². The van der Waals surface area contributed by atoms with Crippen LogP contribution in [0.25, 0.3) is 0 Å². The Labute approximate surface area is 360 Å². The predicted molar refractivity (Wildman–Crippen MR) is 246 cm³/mol. The highest BCUT2D eigenvalue weighted by atomic mass is 16.5. The van der Waals surface area contributed by atoms with E-state index in [0.29, 0.717) is 38.4 Å². The molecule has 0 aromatic rings. The van der Waals surface area contributed by atoms with E-state index in [1.807, 2.05) is 0 Å². The van der Waals surface area contributed by atoms with Gasteiger partial charge in [-0.05, 0) is 89.1 Å². The van der Waals surface area contributed by atoms with Gasteiger partial charge in [-0.2, -0.15) is 0 Å². The summed E-state index contributed by atoms with van der Waals surface area (Å²) in [4.78, 5) is 42.6. The summed E-state index contributed by atoms with van der Waals surface area (Å²) in [5, 5.41) is 0. The van der Waals surface area contributed by atoms with Crippen LogP contribution in [0.4, 0.5) is 0 Å². The number of ether oxygens (including phenoxy) is 2. The molecule has 1 saturated heterocycles. The number of rotatable bonds is 43. The van der Waals surface area contributed by atoms with Gasteiger partial charge in [0.25, 0.3) is 0 Å². The molecule has 1 amide bonds. The minimum Gasteiger partial charge on any atom is -0.466 e. The van der Waals surface area contributed by atoms with Crippen LogP contribution < -0.4 is 0 Å². The Balaban J connectivity index is 2.24. The van der Waals surface area contributed by atoms with Crippen molar-refractivity contribution >= 4 is 17.8 Å². The fourth-order valence-corrected chi connectivity index (χ4v) is 8.84. The van der Waals surface area contributed by atoms with Gasteiger partial charge in [-0.15, -0.1) is 0 Å². The highest BCUT2D eigenvalue weighted by molar-refractivity contribution is 5.76. The summed E-state index contributed by atoms with van der Waals surface area (Å²) in [7, 11) is 0. The zero-order valence-electron chi connectivity index (χ0n) is 39.3. The molecule has 0 aromatic carbocycles. The Morgan fingerprint density at radius 2 is 0.810 bits per heavy atom. The van der Waals surface area contributed by atoms with E-state index in [1.54, 1.807) is 0 Å². The van der Waals surface area contributed by atoms with Crippen LogP contribution in [-0.2, 0) is 23.9 Å². The fourth-order valence-electron chi connectivity index (χ4n) is 8.84. The molecule has 0 spiro atoms. The van der Waals surface area contributed by atoms with Crippen LogP contribution in [0.2, 0.25) is 0 Å². The van der Waals surface area contributed by atoms with Crippen molar-refractivity contribution in [3.8, 4) is 0 Å². The van der Waals surface area contributed by atoms with Gasteiger partial charge in [0.05, 0.1) is 13.2 Å². The number of esters is 2. The van der Waals surface area contributed by atoms with Gasteiger partial charge in [-0.1, -0.05) is 169 Å². The Morgan fingerprint density at radius 3 is 1.21 bits per heavy atom. The van der Waals surface area contributed by atoms with Crippen LogP contribution in [0.3, 0.4) is 0 Å². The SMILES string of the molecule is CCCCCC(CCCCC)CCCOC(=O)CCCCCCCN(CCCCCCCC(=O)OCCCC(CCCCC)CCCCC)C(=O)CCN1CCCC1. The number of carbonyl (C=O) groups excluding carboxylic acids is 3. The molecule has 1 fully saturated rings. The van der Waals surface area contributed by atoms with Gasteiger partial charge in [0.2, 0.25) is 5.91 Å². The third-order valence-corrected chi connectivity index (χ3v) is 12.7. The summed E-state index contributed by atoms with van der Waals surface area (Å²) < 4.78 is 11.2. The van der Waals surface area contributed by atoms with Gasteiger partial charge >= 0.3 is 11.9 Å². The topological polar surface area (TPSA) is 76.1 Å². The lowest BCUT2D eigenvalue weighted by Gasteiger charge is -2.24. The molecule has 0 radical (unpaired) electrons. The lowest BCUT2D eigenvalue weighted by molar-refractivity contribution is -0.144. The van der Waals surface area contributed by atoms with Crippen LogP contribution in [0.1, 0.15) is 252 Å². The molecule has 0 atom stereocenters. The molecule has 0 aliphatic carbocycles. The second-order valence-electron chi connectivity index (χ2n) is 18.2.